The van der Waals surface area contributed by atoms with Gasteiger partial charge in [-0.3, -0.25) is 0 Å². The van der Waals surface area contributed by atoms with Crippen molar-refractivity contribution in [1.82, 2.24) is 9.88 Å². The first kappa shape index (κ1) is 17.3. The van der Waals surface area contributed by atoms with Gasteiger partial charge in [0.25, 0.3) is 0 Å². The number of benzene rings is 1. The molecule has 23 heavy (non-hydrogen) atoms. The molecule has 0 aliphatic carbocycles. The zero-order chi connectivity index (χ0) is 17.0. The van der Waals surface area contributed by atoms with Crippen molar-refractivity contribution in [3.05, 3.63) is 41.3 Å². The fraction of sp³-hybridized carbons (Fsp3) is 0.400. The van der Waals surface area contributed by atoms with E-state index in [1.54, 1.807) is 45.2 Å². The zero-order valence-corrected chi connectivity index (χ0v) is 14.3. The molecule has 2 aromatic rings. The van der Waals surface area contributed by atoms with Gasteiger partial charge < -0.3 is 14.0 Å². The van der Waals surface area contributed by atoms with E-state index in [2.05, 4.69) is 9.88 Å². The van der Waals surface area contributed by atoms with Crippen LogP contribution in [-0.2, 0) is 15.8 Å². The van der Waals surface area contributed by atoms with Crippen LogP contribution in [0.5, 0.6) is 11.5 Å². The minimum Gasteiger partial charge on any atom is -0.497 e. The molecule has 1 atom stereocenters. The van der Waals surface area contributed by atoms with E-state index in [4.69, 9.17) is 14.0 Å². The van der Waals surface area contributed by atoms with Gasteiger partial charge in [0.05, 0.1) is 19.9 Å². The Morgan fingerprint density at radius 1 is 1.26 bits per heavy atom. The summed E-state index contributed by atoms with van der Waals surface area (Å²) in [5.41, 5.74) is 1.32. The lowest BCUT2D eigenvalue weighted by Crippen LogP contribution is -2.28. The maximum absolute atomic E-state index is 12.3. The molecule has 0 unspecified atom stereocenters. The van der Waals surface area contributed by atoms with Crippen molar-refractivity contribution in [3.63, 3.8) is 0 Å². The second-order valence-electron chi connectivity index (χ2n) is 5.14. The minimum atomic E-state index is -3.59. The maximum Gasteiger partial charge on any atom is 0.219 e. The van der Waals surface area contributed by atoms with Gasteiger partial charge in [0.2, 0.25) is 10.0 Å². The highest BCUT2D eigenvalue weighted by Gasteiger charge is 2.21. The van der Waals surface area contributed by atoms with Crippen LogP contribution in [0, 0.1) is 6.92 Å². The molecule has 126 valence electrons. The molecule has 1 heterocycles. The summed E-state index contributed by atoms with van der Waals surface area (Å²) < 4.78 is 42.6. The Morgan fingerprint density at radius 2 is 2.00 bits per heavy atom. The first-order valence-electron chi connectivity index (χ1n) is 6.98. The number of hydrogen-bond donors (Lipinski definition) is 1. The number of ether oxygens (including phenoxy) is 2. The van der Waals surface area contributed by atoms with Crippen molar-refractivity contribution >= 4 is 10.0 Å². The lowest BCUT2D eigenvalue weighted by molar-refractivity contribution is 0.387. The van der Waals surface area contributed by atoms with Crippen LogP contribution in [0.25, 0.3) is 0 Å². The Kier molecular flexibility index (Phi) is 5.27. The number of hydrogen-bond acceptors (Lipinski definition) is 6. The number of nitrogens with zero attached hydrogens (tertiary/aromatic N) is 1. The molecule has 0 bridgehead atoms. The predicted molar refractivity (Wildman–Crippen MR) is 85.0 cm³/mol. The number of rotatable bonds is 7. The van der Waals surface area contributed by atoms with Gasteiger partial charge in [-0.25, -0.2) is 13.1 Å². The van der Waals surface area contributed by atoms with Gasteiger partial charge in [-0.2, -0.15) is 0 Å². The summed E-state index contributed by atoms with van der Waals surface area (Å²) in [5, 5.41) is 3.68. The molecule has 0 saturated carbocycles. The molecule has 0 saturated heterocycles. The van der Waals surface area contributed by atoms with Gasteiger partial charge in [0, 0.05) is 17.7 Å². The van der Waals surface area contributed by atoms with Gasteiger partial charge in [-0.1, -0.05) is 5.16 Å². The molecule has 0 radical (unpaired) electrons. The number of aryl methyl sites for hydroxylation is 1. The van der Waals surface area contributed by atoms with Crippen molar-refractivity contribution < 1.29 is 22.4 Å². The van der Waals surface area contributed by atoms with E-state index in [1.807, 2.05) is 0 Å². The molecule has 2 rings (SSSR count). The van der Waals surface area contributed by atoms with Crippen molar-refractivity contribution in [2.45, 2.75) is 25.6 Å². The summed E-state index contributed by atoms with van der Waals surface area (Å²) in [5.74, 6) is 1.22. The van der Waals surface area contributed by atoms with E-state index < -0.39 is 16.1 Å². The summed E-state index contributed by atoms with van der Waals surface area (Å²) >= 11 is 0. The molecule has 8 heteroatoms. The van der Waals surface area contributed by atoms with Crippen LogP contribution in [0.4, 0.5) is 0 Å². The van der Waals surface area contributed by atoms with Gasteiger partial charge in [-0.15, -0.1) is 0 Å². The molecule has 0 amide bonds. The predicted octanol–water partition coefficient (Wildman–Crippen LogP) is 2.18. The number of nitrogens with one attached hydrogen (secondary N) is 1. The molecular formula is C15H20N2O5S. The number of aromatic nitrogens is 1. The van der Waals surface area contributed by atoms with E-state index in [1.165, 1.54) is 7.11 Å². The van der Waals surface area contributed by atoms with Gasteiger partial charge >= 0.3 is 0 Å². The first-order chi connectivity index (χ1) is 10.8. The van der Waals surface area contributed by atoms with E-state index in [0.717, 1.165) is 0 Å². The summed E-state index contributed by atoms with van der Waals surface area (Å²) in [6.07, 6.45) is 0. The Labute approximate surface area is 135 Å². The van der Waals surface area contributed by atoms with Crippen molar-refractivity contribution in [2.24, 2.45) is 0 Å². The lowest BCUT2D eigenvalue weighted by Gasteiger charge is -2.18. The third-order valence-electron chi connectivity index (χ3n) is 3.27. The highest BCUT2D eigenvalue weighted by Crippen LogP contribution is 2.29. The van der Waals surface area contributed by atoms with E-state index in [0.29, 0.717) is 28.5 Å². The van der Waals surface area contributed by atoms with Crippen LogP contribution in [0.15, 0.2) is 28.8 Å². The summed E-state index contributed by atoms with van der Waals surface area (Å²) in [4.78, 5) is 0. The quantitative estimate of drug-likeness (QED) is 0.831. The second kappa shape index (κ2) is 7.01. The standard InChI is InChI=1S/C15H20N2O5S/c1-10-7-13(22-16-10)9-23(18,19)17-11(2)14-8-12(20-3)5-6-15(14)21-4/h5-8,11,17H,9H2,1-4H3/t11-/m0/s1. The SMILES string of the molecule is COc1ccc(OC)c([C@H](C)NS(=O)(=O)Cc2cc(C)no2)c1. The van der Waals surface area contributed by atoms with Crippen molar-refractivity contribution in [3.8, 4) is 11.5 Å². The van der Waals surface area contributed by atoms with E-state index >= 15 is 0 Å². The summed E-state index contributed by atoms with van der Waals surface area (Å²) in [6.45, 7) is 3.47. The Hall–Kier alpha value is -2.06. The molecule has 1 N–H and O–H groups in total. The molecule has 0 aliphatic rings. The first-order valence-corrected chi connectivity index (χ1v) is 8.64. The molecule has 7 nitrogen and oxygen atoms in total. The third-order valence-corrected chi connectivity index (χ3v) is 4.65. The average molecular weight is 340 g/mol. The highest BCUT2D eigenvalue weighted by molar-refractivity contribution is 7.88. The average Bonchev–Trinajstić information content (AvgIpc) is 2.90. The van der Waals surface area contributed by atoms with Crippen LogP contribution in [0.1, 0.15) is 30.0 Å². The summed E-state index contributed by atoms with van der Waals surface area (Å²) in [7, 11) is -0.514. The van der Waals surface area contributed by atoms with Crippen molar-refractivity contribution in [1.29, 1.82) is 0 Å². The van der Waals surface area contributed by atoms with Crippen LogP contribution >= 0.6 is 0 Å². The molecule has 0 spiro atoms. The normalized spacial score (nSPS) is 12.9. The maximum atomic E-state index is 12.3. The second-order valence-corrected chi connectivity index (χ2v) is 6.89. The van der Waals surface area contributed by atoms with Gasteiger partial charge in [0.15, 0.2) is 5.76 Å². The monoisotopic (exact) mass is 340 g/mol. The van der Waals surface area contributed by atoms with Crippen LogP contribution in [-0.4, -0.2) is 27.8 Å². The third kappa shape index (κ3) is 4.46. The summed E-state index contributed by atoms with van der Waals surface area (Å²) in [6, 6.07) is 6.33. The molecule has 0 aliphatic heterocycles. The fourth-order valence-electron chi connectivity index (χ4n) is 2.22. The Bertz CT molecular complexity index is 770. The van der Waals surface area contributed by atoms with Crippen LogP contribution < -0.4 is 14.2 Å². The van der Waals surface area contributed by atoms with Crippen molar-refractivity contribution in [2.75, 3.05) is 14.2 Å². The smallest absolute Gasteiger partial charge is 0.219 e. The molecule has 1 aromatic heterocycles. The van der Waals surface area contributed by atoms with Crippen LogP contribution in [0.2, 0.25) is 0 Å². The van der Waals surface area contributed by atoms with Gasteiger partial charge in [0.1, 0.15) is 17.3 Å². The van der Waals surface area contributed by atoms with Crippen LogP contribution in [0.3, 0.4) is 0 Å². The van der Waals surface area contributed by atoms with Gasteiger partial charge in [-0.05, 0) is 32.0 Å². The van der Waals surface area contributed by atoms with E-state index in [-0.39, 0.29) is 5.75 Å². The number of methoxy groups -OCH3 is 2. The number of sulfonamides is 1. The largest absolute Gasteiger partial charge is 0.497 e. The fourth-order valence-corrected chi connectivity index (χ4v) is 3.48. The molecule has 1 aromatic carbocycles. The lowest BCUT2D eigenvalue weighted by atomic mass is 10.1. The van der Waals surface area contributed by atoms with E-state index in [9.17, 15) is 8.42 Å². The Morgan fingerprint density at radius 3 is 2.57 bits per heavy atom. The Balaban J connectivity index is 2.18. The molecular weight excluding hydrogens is 320 g/mol. The minimum absolute atomic E-state index is 0.273. The highest BCUT2D eigenvalue weighted by atomic mass is 32.2. The zero-order valence-electron chi connectivity index (χ0n) is 13.5. The topological polar surface area (TPSA) is 90.7 Å². The molecule has 0 fully saturated rings.